The Morgan fingerprint density at radius 3 is 2.39 bits per heavy atom. The molecule has 0 saturated heterocycles. The Hall–Kier alpha value is -3.91. The molecule has 0 radical (unpaired) electrons. The maximum atomic E-state index is 7.91. The molecule has 2 nitrogen and oxygen atoms in total. The zero-order valence-electron chi connectivity index (χ0n) is 22.5. The van der Waals surface area contributed by atoms with Crippen molar-refractivity contribution >= 4 is 32.7 Å². The number of aryl methyl sites for hydroxylation is 2. The molecule has 0 aliphatic heterocycles. The van der Waals surface area contributed by atoms with Gasteiger partial charge in [0.15, 0.2) is 0 Å². The Labute approximate surface area is 189 Å². The van der Waals surface area contributed by atoms with Crippen molar-refractivity contribution in [2.24, 2.45) is 0 Å². The molecule has 2 aromatic heterocycles. The highest BCUT2D eigenvalue weighted by atomic mass is 16.3. The van der Waals surface area contributed by atoms with Crippen LogP contribution in [0.3, 0.4) is 0 Å². The molecule has 2 heteroatoms. The first-order valence-electron chi connectivity index (χ1n) is 13.1. The van der Waals surface area contributed by atoms with Gasteiger partial charge in [0.2, 0.25) is 0 Å². The highest BCUT2D eigenvalue weighted by molar-refractivity contribution is 6.17. The van der Waals surface area contributed by atoms with Gasteiger partial charge in [0.1, 0.15) is 11.2 Å². The van der Waals surface area contributed by atoms with Crippen molar-refractivity contribution in [3.05, 3.63) is 102 Å². The van der Waals surface area contributed by atoms with Gasteiger partial charge in [0.05, 0.1) is 5.69 Å². The summed E-state index contributed by atoms with van der Waals surface area (Å²) in [4.78, 5) is 4.35. The van der Waals surface area contributed by atoms with Gasteiger partial charge in [0.25, 0.3) is 0 Å². The molecule has 6 rings (SSSR count). The van der Waals surface area contributed by atoms with Gasteiger partial charge in [0, 0.05) is 36.1 Å². The van der Waals surface area contributed by atoms with E-state index in [0.717, 1.165) is 44.5 Å². The maximum absolute atomic E-state index is 7.91. The van der Waals surface area contributed by atoms with Crippen LogP contribution in [0, 0.1) is 13.7 Å². The highest BCUT2D eigenvalue weighted by Crippen LogP contribution is 2.39. The fraction of sp³-hybridized carbons (Fsp3) is 0.0690. The summed E-state index contributed by atoms with van der Waals surface area (Å²) < 4.78 is 53.4. The largest absolute Gasteiger partial charge is 0.455 e. The van der Waals surface area contributed by atoms with Gasteiger partial charge in [-0.2, -0.15) is 0 Å². The number of fused-ring (bicyclic) bond motifs is 5. The minimum absolute atomic E-state index is 0.232. The maximum Gasteiger partial charge on any atom is 0.144 e. The molecule has 6 aromatic rings. The number of aromatic nitrogens is 1. The van der Waals surface area contributed by atoms with E-state index in [9.17, 15) is 0 Å². The van der Waals surface area contributed by atoms with Crippen LogP contribution in [0.25, 0.3) is 55.1 Å². The van der Waals surface area contributed by atoms with Crippen LogP contribution >= 0.6 is 0 Å². The van der Waals surface area contributed by atoms with Crippen LogP contribution < -0.4 is 0 Å². The second kappa shape index (κ2) is 6.82. The predicted molar refractivity (Wildman–Crippen MR) is 129 cm³/mol. The summed E-state index contributed by atoms with van der Waals surface area (Å²) >= 11 is 0. The van der Waals surface area contributed by atoms with E-state index in [-0.39, 0.29) is 11.1 Å². The van der Waals surface area contributed by atoms with Crippen molar-refractivity contribution in [1.82, 2.24) is 4.98 Å². The lowest BCUT2D eigenvalue weighted by Gasteiger charge is -2.05. The molecule has 31 heavy (non-hydrogen) atoms. The van der Waals surface area contributed by atoms with Crippen molar-refractivity contribution < 1.29 is 12.6 Å². The van der Waals surface area contributed by atoms with E-state index in [1.807, 2.05) is 36.4 Å². The van der Waals surface area contributed by atoms with E-state index in [2.05, 4.69) is 41.4 Å². The summed E-state index contributed by atoms with van der Waals surface area (Å²) in [5.74, 6) is 0. The molecule has 2 heterocycles. The van der Waals surface area contributed by atoms with Gasteiger partial charge in [-0.25, -0.2) is 0 Å². The lowest BCUT2D eigenvalue weighted by atomic mass is 9.99. The molecular formula is C29H21NO. The molecule has 0 atom stereocenters. The first-order valence-corrected chi connectivity index (χ1v) is 10.1. The van der Waals surface area contributed by atoms with Crippen molar-refractivity contribution in [2.75, 3.05) is 0 Å². The number of pyridine rings is 1. The Kier molecular flexibility index (Phi) is 2.79. The zero-order valence-corrected chi connectivity index (χ0v) is 16.5. The van der Waals surface area contributed by atoms with Crippen LogP contribution in [0.5, 0.6) is 0 Å². The van der Waals surface area contributed by atoms with E-state index in [4.69, 9.17) is 12.6 Å². The van der Waals surface area contributed by atoms with Crippen molar-refractivity contribution in [2.45, 2.75) is 13.7 Å². The molecule has 0 unspecified atom stereocenters. The molecule has 0 N–H and O–H groups in total. The Balaban J connectivity index is 1.56. The molecule has 0 spiro atoms. The topological polar surface area (TPSA) is 26.0 Å². The summed E-state index contributed by atoms with van der Waals surface area (Å²) in [6, 6.07) is 27.5. The van der Waals surface area contributed by atoms with E-state index in [1.165, 1.54) is 6.07 Å². The Morgan fingerprint density at radius 2 is 1.52 bits per heavy atom. The van der Waals surface area contributed by atoms with Gasteiger partial charge in [-0.05, 0) is 71.7 Å². The molecule has 0 saturated carbocycles. The van der Waals surface area contributed by atoms with Crippen LogP contribution in [0.2, 0.25) is 0 Å². The van der Waals surface area contributed by atoms with Gasteiger partial charge in [-0.15, -0.1) is 0 Å². The van der Waals surface area contributed by atoms with Gasteiger partial charge in [-0.3, -0.25) is 4.98 Å². The van der Waals surface area contributed by atoms with Crippen molar-refractivity contribution in [1.29, 1.82) is 0 Å². The third-order valence-electron chi connectivity index (χ3n) is 5.77. The first kappa shape index (κ1) is 12.7. The minimum atomic E-state index is -2.60. The van der Waals surface area contributed by atoms with Crippen LogP contribution in [0.15, 0.2) is 95.5 Å². The molecular weight excluding hydrogens is 378 g/mol. The lowest BCUT2D eigenvalue weighted by molar-refractivity contribution is 0.673. The fourth-order valence-corrected chi connectivity index (χ4v) is 4.20. The second-order valence-corrected chi connectivity index (χ2v) is 7.64. The summed E-state index contributed by atoms with van der Waals surface area (Å²) in [6.45, 7) is -5.19. The minimum Gasteiger partial charge on any atom is -0.455 e. The number of nitrogens with zero attached hydrogens (tertiary/aromatic N) is 1. The molecule has 0 fully saturated rings. The van der Waals surface area contributed by atoms with Crippen molar-refractivity contribution in [3.63, 3.8) is 0 Å². The zero-order chi connectivity index (χ0) is 25.9. The van der Waals surface area contributed by atoms with E-state index >= 15 is 0 Å². The lowest BCUT2D eigenvalue weighted by Crippen LogP contribution is -1.88. The van der Waals surface area contributed by atoms with Gasteiger partial charge >= 0.3 is 0 Å². The Morgan fingerprint density at radius 1 is 0.677 bits per heavy atom. The molecule has 0 aliphatic carbocycles. The Bertz CT molecular complexity index is 1800. The monoisotopic (exact) mass is 405 g/mol. The van der Waals surface area contributed by atoms with Crippen LogP contribution in [-0.4, -0.2) is 4.98 Å². The number of furan rings is 1. The summed E-state index contributed by atoms with van der Waals surface area (Å²) in [5, 5.41) is 3.82. The quantitative estimate of drug-likeness (QED) is 0.291. The van der Waals surface area contributed by atoms with Crippen LogP contribution in [-0.2, 0) is 0 Å². The predicted octanol–water partition coefficient (Wildman–Crippen LogP) is 8.09. The number of hydrogen-bond acceptors (Lipinski definition) is 2. The van der Waals surface area contributed by atoms with Crippen LogP contribution in [0.4, 0.5) is 0 Å². The standard InChI is InChI=1S/C29H21NO/c1-18-15-27(30-17-19(18)2)26-10-6-9-24-25-14-12-22-16-21(20-7-4-3-5-8-20)11-13-23(22)28(25)31-29(24)26/h3-17H,1-2H3/i1D3,2D3. The SMILES string of the molecule is [2H]C([2H])([2H])c1cnc(-c2cccc3c2oc2c4ccc(-c5ccccc5)cc4ccc32)cc1C([2H])([2H])[2H]. The molecule has 0 bridgehead atoms. The van der Waals surface area contributed by atoms with E-state index in [0.29, 0.717) is 16.8 Å². The number of hydrogen-bond donors (Lipinski definition) is 0. The number of rotatable bonds is 2. The molecule has 0 aliphatic rings. The summed E-state index contributed by atoms with van der Waals surface area (Å²) in [5.41, 5.74) is 3.99. The van der Waals surface area contributed by atoms with Crippen molar-refractivity contribution in [3.8, 4) is 22.4 Å². The average molecular weight is 406 g/mol. The summed E-state index contributed by atoms with van der Waals surface area (Å²) in [7, 11) is 0. The number of para-hydroxylation sites is 1. The number of benzene rings is 4. The smallest absolute Gasteiger partial charge is 0.144 e. The third kappa shape index (κ3) is 2.83. The second-order valence-electron chi connectivity index (χ2n) is 7.64. The fourth-order valence-electron chi connectivity index (χ4n) is 4.20. The average Bonchev–Trinajstić information content (AvgIpc) is 3.27. The van der Waals surface area contributed by atoms with Gasteiger partial charge < -0.3 is 4.42 Å². The van der Waals surface area contributed by atoms with E-state index in [1.54, 1.807) is 6.07 Å². The summed E-state index contributed by atoms with van der Waals surface area (Å²) in [6.07, 6.45) is 1.14. The third-order valence-corrected chi connectivity index (χ3v) is 5.77. The normalized spacial score (nSPS) is 15.2. The first-order chi connectivity index (χ1) is 17.6. The molecule has 4 aromatic carbocycles. The molecule has 148 valence electrons. The molecule has 0 amide bonds. The van der Waals surface area contributed by atoms with E-state index < -0.39 is 13.7 Å². The van der Waals surface area contributed by atoms with Gasteiger partial charge in [-0.1, -0.05) is 54.6 Å². The highest BCUT2D eigenvalue weighted by Gasteiger charge is 2.15. The van der Waals surface area contributed by atoms with Crippen LogP contribution in [0.1, 0.15) is 19.4 Å².